The van der Waals surface area contributed by atoms with E-state index in [1.807, 2.05) is 35.2 Å². The number of carbonyl (C=O) groups excluding carboxylic acids is 1. The summed E-state index contributed by atoms with van der Waals surface area (Å²) in [6, 6.07) is 10.3. The molecule has 26 heavy (non-hydrogen) atoms. The average Bonchev–Trinajstić information content (AvgIpc) is 3.14. The van der Waals surface area contributed by atoms with Gasteiger partial charge >= 0.3 is 0 Å². The molecule has 1 aliphatic rings. The van der Waals surface area contributed by atoms with E-state index in [1.54, 1.807) is 13.4 Å². The van der Waals surface area contributed by atoms with Crippen LogP contribution in [0.4, 0.5) is 0 Å². The topological polar surface area (TPSA) is 58.8 Å². The average molecular weight is 357 g/mol. The van der Waals surface area contributed by atoms with Crippen molar-refractivity contribution in [3.8, 4) is 5.75 Å². The summed E-state index contributed by atoms with van der Waals surface area (Å²) in [4.78, 5) is 16.9. The Morgan fingerprint density at radius 2 is 2.23 bits per heavy atom. The second-order valence-electron chi connectivity index (χ2n) is 6.91. The Hall–Kier alpha value is -2.34. The molecule has 2 unspecified atom stereocenters. The molecule has 0 spiro atoms. The Morgan fingerprint density at radius 3 is 2.96 bits per heavy atom. The zero-order valence-electron chi connectivity index (χ0n) is 15.7. The molecule has 6 heteroatoms. The number of rotatable bonds is 6. The van der Waals surface area contributed by atoms with Crippen LogP contribution >= 0.6 is 0 Å². The summed E-state index contributed by atoms with van der Waals surface area (Å²) >= 11 is 0. The highest BCUT2D eigenvalue weighted by Gasteiger charge is 2.28. The molecular weight excluding hydrogens is 330 g/mol. The quantitative estimate of drug-likeness (QED) is 0.794. The number of nitrogens with zero attached hydrogens (tertiary/aromatic N) is 3. The first-order valence-corrected chi connectivity index (χ1v) is 9.11. The largest absolute Gasteiger partial charge is 0.497 e. The Bertz CT molecular complexity index is 717. The van der Waals surface area contributed by atoms with Crippen molar-refractivity contribution in [2.24, 2.45) is 0 Å². The van der Waals surface area contributed by atoms with Crippen LogP contribution in [0, 0.1) is 0 Å². The van der Waals surface area contributed by atoms with E-state index in [0.29, 0.717) is 19.0 Å². The minimum atomic E-state index is 0.166. The van der Waals surface area contributed by atoms with Gasteiger partial charge in [0, 0.05) is 31.6 Å². The Morgan fingerprint density at radius 1 is 1.38 bits per heavy atom. The lowest BCUT2D eigenvalue weighted by atomic mass is 10.0. The van der Waals surface area contributed by atoms with Gasteiger partial charge in [0.1, 0.15) is 17.7 Å². The van der Waals surface area contributed by atoms with Crippen LogP contribution in [0.5, 0.6) is 5.75 Å². The predicted molar refractivity (Wildman–Crippen MR) is 98.7 cm³/mol. The molecule has 0 radical (unpaired) electrons. The molecule has 1 aliphatic heterocycles. The number of amides is 1. The normalized spacial score (nSPS) is 19.5. The number of hydrogen-bond donors (Lipinski definition) is 0. The van der Waals surface area contributed by atoms with Crippen molar-refractivity contribution < 1.29 is 14.1 Å². The molecule has 0 N–H and O–H groups in total. The highest BCUT2D eigenvalue weighted by Crippen LogP contribution is 2.26. The van der Waals surface area contributed by atoms with Crippen molar-refractivity contribution in [1.82, 2.24) is 15.0 Å². The second kappa shape index (κ2) is 8.36. The van der Waals surface area contributed by atoms with E-state index in [4.69, 9.17) is 9.26 Å². The molecule has 1 aromatic heterocycles. The minimum Gasteiger partial charge on any atom is -0.497 e. The second-order valence-corrected chi connectivity index (χ2v) is 6.91. The van der Waals surface area contributed by atoms with Gasteiger partial charge in [0.05, 0.1) is 13.2 Å². The van der Waals surface area contributed by atoms with Crippen LogP contribution < -0.4 is 4.74 Å². The van der Waals surface area contributed by atoms with E-state index >= 15 is 0 Å². The van der Waals surface area contributed by atoms with Gasteiger partial charge in [-0.1, -0.05) is 17.3 Å². The molecule has 1 amide bonds. The first kappa shape index (κ1) is 18.5. The summed E-state index contributed by atoms with van der Waals surface area (Å²) < 4.78 is 10.3. The van der Waals surface area contributed by atoms with Crippen molar-refractivity contribution in [1.29, 1.82) is 0 Å². The van der Waals surface area contributed by atoms with Gasteiger partial charge in [0.15, 0.2) is 0 Å². The molecule has 6 nitrogen and oxygen atoms in total. The van der Waals surface area contributed by atoms with Crippen LogP contribution in [0.1, 0.15) is 43.5 Å². The fourth-order valence-electron chi connectivity index (χ4n) is 3.55. The fraction of sp³-hybridized carbons (Fsp3) is 0.500. The van der Waals surface area contributed by atoms with Crippen molar-refractivity contribution in [2.45, 2.75) is 44.8 Å². The number of hydrogen-bond acceptors (Lipinski definition) is 5. The monoisotopic (exact) mass is 357 g/mol. The molecule has 140 valence electrons. The molecule has 2 aromatic rings. The molecule has 1 aromatic carbocycles. The van der Waals surface area contributed by atoms with Gasteiger partial charge in [-0.05, 0) is 44.5 Å². The molecule has 0 bridgehead atoms. The maximum atomic E-state index is 12.6. The van der Waals surface area contributed by atoms with E-state index in [0.717, 1.165) is 36.4 Å². The highest BCUT2D eigenvalue weighted by atomic mass is 16.5. The Balaban J connectivity index is 1.63. The Kier molecular flexibility index (Phi) is 5.93. The molecule has 3 rings (SSSR count). The summed E-state index contributed by atoms with van der Waals surface area (Å²) in [6.45, 7) is 3.51. The van der Waals surface area contributed by atoms with Crippen molar-refractivity contribution >= 4 is 5.91 Å². The number of benzene rings is 1. The van der Waals surface area contributed by atoms with Crippen LogP contribution in [-0.4, -0.2) is 47.6 Å². The third-order valence-corrected chi connectivity index (χ3v) is 5.36. The van der Waals surface area contributed by atoms with Gasteiger partial charge in [-0.2, -0.15) is 0 Å². The van der Waals surface area contributed by atoms with E-state index < -0.39 is 0 Å². The zero-order valence-corrected chi connectivity index (χ0v) is 15.7. The third kappa shape index (κ3) is 4.25. The predicted octanol–water partition coefficient (Wildman–Crippen LogP) is 3.26. The molecule has 0 saturated carbocycles. The molecule has 2 heterocycles. The summed E-state index contributed by atoms with van der Waals surface area (Å²) in [5.41, 5.74) is 2.02. The standard InChI is InChI=1S/C20H27N3O3/c1-15(19-10-12-26-21-19)22(2)17-7-8-20(24)23(11-9-17)14-16-5-4-6-18(13-16)25-3/h4-6,10,12-13,15,17H,7-9,11,14H2,1-3H3. The van der Waals surface area contributed by atoms with Crippen LogP contribution in [0.3, 0.4) is 0 Å². The number of likely N-dealkylation sites (tertiary alicyclic amines) is 1. The van der Waals surface area contributed by atoms with Gasteiger partial charge in [0.2, 0.25) is 5.91 Å². The summed E-state index contributed by atoms with van der Waals surface area (Å²) in [6.07, 6.45) is 4.00. The van der Waals surface area contributed by atoms with Gasteiger partial charge in [0.25, 0.3) is 0 Å². The maximum Gasteiger partial charge on any atom is 0.222 e. The minimum absolute atomic E-state index is 0.166. The van der Waals surface area contributed by atoms with Crippen molar-refractivity contribution in [2.75, 3.05) is 20.7 Å². The molecule has 1 saturated heterocycles. The van der Waals surface area contributed by atoms with Gasteiger partial charge < -0.3 is 14.2 Å². The summed E-state index contributed by atoms with van der Waals surface area (Å²) in [5, 5.41) is 4.05. The zero-order chi connectivity index (χ0) is 18.5. The van der Waals surface area contributed by atoms with Crippen molar-refractivity contribution in [3.63, 3.8) is 0 Å². The number of ether oxygens (including phenoxy) is 1. The molecule has 1 fully saturated rings. The van der Waals surface area contributed by atoms with Crippen LogP contribution in [0.2, 0.25) is 0 Å². The fourth-order valence-corrected chi connectivity index (χ4v) is 3.55. The maximum absolute atomic E-state index is 12.6. The van der Waals surface area contributed by atoms with Crippen LogP contribution in [-0.2, 0) is 11.3 Å². The van der Waals surface area contributed by atoms with Crippen LogP contribution in [0.25, 0.3) is 0 Å². The van der Waals surface area contributed by atoms with Crippen molar-refractivity contribution in [3.05, 3.63) is 47.9 Å². The number of carbonyl (C=O) groups is 1. The molecular formula is C20H27N3O3. The lowest BCUT2D eigenvalue weighted by molar-refractivity contribution is -0.131. The lowest BCUT2D eigenvalue weighted by Gasteiger charge is -2.31. The lowest BCUT2D eigenvalue weighted by Crippen LogP contribution is -2.35. The SMILES string of the molecule is COc1cccc(CN2CCC(N(C)C(C)c3ccon3)CCC2=O)c1. The van der Waals surface area contributed by atoms with E-state index in [1.165, 1.54) is 0 Å². The highest BCUT2D eigenvalue weighted by molar-refractivity contribution is 5.76. The first-order valence-electron chi connectivity index (χ1n) is 9.11. The number of aromatic nitrogens is 1. The summed E-state index contributed by atoms with van der Waals surface area (Å²) in [5.74, 6) is 1.04. The van der Waals surface area contributed by atoms with Crippen LogP contribution in [0.15, 0.2) is 41.1 Å². The smallest absolute Gasteiger partial charge is 0.222 e. The molecule has 2 atom stereocenters. The van der Waals surface area contributed by atoms with E-state index in [-0.39, 0.29) is 11.9 Å². The molecule has 0 aliphatic carbocycles. The first-order chi connectivity index (χ1) is 12.6. The number of methoxy groups -OCH3 is 1. The van der Waals surface area contributed by atoms with E-state index in [9.17, 15) is 4.79 Å². The van der Waals surface area contributed by atoms with Gasteiger partial charge in [-0.15, -0.1) is 0 Å². The Labute approximate surface area is 154 Å². The van der Waals surface area contributed by atoms with E-state index in [2.05, 4.69) is 24.0 Å². The van der Waals surface area contributed by atoms with Gasteiger partial charge in [-0.3, -0.25) is 9.69 Å². The summed E-state index contributed by atoms with van der Waals surface area (Å²) in [7, 11) is 3.76. The third-order valence-electron chi connectivity index (χ3n) is 5.36. The van der Waals surface area contributed by atoms with Gasteiger partial charge in [-0.25, -0.2) is 0 Å².